The van der Waals surface area contributed by atoms with Crippen LogP contribution in [0.1, 0.15) is 38.4 Å². The molecule has 1 aliphatic heterocycles. The standard InChI is InChI=1S/C19H23N5O2S/c1-19(2,3)14-4-7-17(8-5-14)27(25,26)23-16-10-11-24(13-16)18-9-6-15(12-20)21-22-18/h4-9,16,23H,10-11,13H2,1-3H3/t16-/m0/s1. The largest absolute Gasteiger partial charge is 0.353 e. The maximum absolute atomic E-state index is 12.7. The summed E-state index contributed by atoms with van der Waals surface area (Å²) in [6.45, 7) is 7.46. The van der Waals surface area contributed by atoms with Gasteiger partial charge in [0.2, 0.25) is 10.0 Å². The molecule has 1 fully saturated rings. The van der Waals surface area contributed by atoms with E-state index < -0.39 is 10.0 Å². The van der Waals surface area contributed by atoms with Crippen LogP contribution in [0, 0.1) is 11.3 Å². The molecule has 0 radical (unpaired) electrons. The second-order valence-corrected chi connectivity index (χ2v) is 9.43. The van der Waals surface area contributed by atoms with Crippen molar-refractivity contribution in [2.75, 3.05) is 18.0 Å². The molecular weight excluding hydrogens is 362 g/mol. The topological polar surface area (TPSA) is 99.0 Å². The predicted octanol–water partition coefficient (Wildman–Crippen LogP) is 2.20. The van der Waals surface area contributed by atoms with Crippen LogP contribution in [0.4, 0.5) is 5.82 Å². The molecule has 1 aromatic carbocycles. The van der Waals surface area contributed by atoms with Gasteiger partial charge in [0.1, 0.15) is 6.07 Å². The number of rotatable bonds is 4. The molecule has 142 valence electrons. The van der Waals surface area contributed by atoms with Gasteiger partial charge in [-0.3, -0.25) is 0 Å². The zero-order valence-electron chi connectivity index (χ0n) is 15.7. The minimum absolute atomic E-state index is 0.0240. The van der Waals surface area contributed by atoms with Crippen LogP contribution >= 0.6 is 0 Å². The fourth-order valence-electron chi connectivity index (χ4n) is 3.04. The molecule has 1 aromatic heterocycles. The van der Waals surface area contributed by atoms with Crippen LogP contribution in [0.25, 0.3) is 0 Å². The quantitative estimate of drug-likeness (QED) is 0.866. The monoisotopic (exact) mass is 385 g/mol. The Morgan fingerprint density at radius 2 is 1.85 bits per heavy atom. The Bertz CT molecular complexity index is 942. The number of nitrogens with zero attached hydrogens (tertiary/aromatic N) is 4. The van der Waals surface area contributed by atoms with Crippen molar-refractivity contribution in [3.8, 4) is 6.07 Å². The lowest BCUT2D eigenvalue weighted by atomic mass is 9.87. The molecule has 1 aliphatic rings. The molecule has 7 nitrogen and oxygen atoms in total. The Balaban J connectivity index is 1.67. The summed E-state index contributed by atoms with van der Waals surface area (Å²) in [7, 11) is -3.58. The van der Waals surface area contributed by atoms with Crippen molar-refractivity contribution < 1.29 is 8.42 Å². The van der Waals surface area contributed by atoms with Crippen molar-refractivity contribution >= 4 is 15.8 Å². The van der Waals surface area contributed by atoms with Gasteiger partial charge >= 0.3 is 0 Å². The summed E-state index contributed by atoms with van der Waals surface area (Å²) in [6, 6.07) is 12.1. The number of aromatic nitrogens is 2. The van der Waals surface area contributed by atoms with Gasteiger partial charge in [-0.25, -0.2) is 13.1 Å². The number of hydrogen-bond acceptors (Lipinski definition) is 6. The highest BCUT2D eigenvalue weighted by molar-refractivity contribution is 7.89. The zero-order valence-corrected chi connectivity index (χ0v) is 16.5. The predicted molar refractivity (Wildman–Crippen MR) is 103 cm³/mol. The first-order valence-electron chi connectivity index (χ1n) is 8.81. The third kappa shape index (κ3) is 4.43. The molecule has 1 atom stereocenters. The van der Waals surface area contributed by atoms with Crippen LogP contribution in [0.3, 0.4) is 0 Å². The maximum atomic E-state index is 12.7. The molecule has 27 heavy (non-hydrogen) atoms. The van der Waals surface area contributed by atoms with Crippen LogP contribution in [-0.2, 0) is 15.4 Å². The molecular formula is C19H23N5O2S. The highest BCUT2D eigenvalue weighted by Crippen LogP contribution is 2.24. The van der Waals surface area contributed by atoms with E-state index in [0.29, 0.717) is 25.3 Å². The fourth-order valence-corrected chi connectivity index (χ4v) is 4.30. The minimum Gasteiger partial charge on any atom is -0.353 e. The van der Waals surface area contributed by atoms with Gasteiger partial charge < -0.3 is 4.90 Å². The van der Waals surface area contributed by atoms with Crippen molar-refractivity contribution in [2.45, 2.75) is 43.5 Å². The highest BCUT2D eigenvalue weighted by atomic mass is 32.2. The first kappa shape index (κ1) is 19.3. The van der Waals surface area contributed by atoms with Gasteiger partial charge in [0.15, 0.2) is 11.5 Å². The van der Waals surface area contributed by atoms with Crippen molar-refractivity contribution in [3.63, 3.8) is 0 Å². The van der Waals surface area contributed by atoms with E-state index in [-0.39, 0.29) is 22.0 Å². The van der Waals surface area contributed by atoms with Gasteiger partial charge in [-0.05, 0) is 41.7 Å². The van der Waals surface area contributed by atoms with E-state index in [1.807, 2.05) is 23.1 Å². The zero-order chi connectivity index (χ0) is 19.7. The Morgan fingerprint density at radius 3 is 2.41 bits per heavy atom. The number of benzene rings is 1. The number of nitrogens with one attached hydrogen (secondary N) is 1. The van der Waals surface area contributed by atoms with Crippen LogP contribution < -0.4 is 9.62 Å². The van der Waals surface area contributed by atoms with Crippen LogP contribution in [0.2, 0.25) is 0 Å². The van der Waals surface area contributed by atoms with Crippen molar-refractivity contribution in [1.29, 1.82) is 5.26 Å². The first-order chi connectivity index (χ1) is 12.7. The third-order valence-electron chi connectivity index (χ3n) is 4.63. The van der Waals surface area contributed by atoms with Gasteiger partial charge in [-0.1, -0.05) is 32.9 Å². The Kier molecular flexibility index (Phi) is 5.18. The Labute approximate surface area is 160 Å². The molecule has 1 saturated heterocycles. The van der Waals surface area contributed by atoms with Crippen LogP contribution in [0.15, 0.2) is 41.3 Å². The lowest BCUT2D eigenvalue weighted by Gasteiger charge is -2.20. The number of hydrogen-bond donors (Lipinski definition) is 1. The van der Waals surface area contributed by atoms with E-state index in [4.69, 9.17) is 5.26 Å². The maximum Gasteiger partial charge on any atom is 0.240 e. The number of sulfonamides is 1. The number of anilines is 1. The molecule has 1 N–H and O–H groups in total. The van der Waals surface area contributed by atoms with Gasteiger partial charge in [0.05, 0.1) is 4.90 Å². The molecule has 0 aliphatic carbocycles. The molecule has 2 aromatic rings. The van der Waals surface area contributed by atoms with Crippen molar-refractivity contribution in [3.05, 3.63) is 47.7 Å². The molecule has 0 amide bonds. The van der Waals surface area contributed by atoms with Crippen LogP contribution in [0.5, 0.6) is 0 Å². The van der Waals surface area contributed by atoms with Gasteiger partial charge in [-0.15, -0.1) is 10.2 Å². The smallest absolute Gasteiger partial charge is 0.240 e. The van der Waals surface area contributed by atoms with E-state index in [1.54, 1.807) is 24.3 Å². The average molecular weight is 385 g/mol. The van der Waals surface area contributed by atoms with Gasteiger partial charge in [0, 0.05) is 19.1 Å². The summed E-state index contributed by atoms with van der Waals surface area (Å²) in [4.78, 5) is 2.23. The SMILES string of the molecule is CC(C)(C)c1ccc(S(=O)(=O)N[C@H]2CCN(c3ccc(C#N)nn3)C2)cc1. The first-order valence-corrected chi connectivity index (χ1v) is 10.3. The lowest BCUT2D eigenvalue weighted by molar-refractivity contribution is 0.560. The minimum atomic E-state index is -3.58. The Morgan fingerprint density at radius 1 is 1.15 bits per heavy atom. The number of nitriles is 1. The summed E-state index contributed by atoms with van der Waals surface area (Å²) >= 11 is 0. The lowest BCUT2D eigenvalue weighted by Crippen LogP contribution is -2.37. The van der Waals surface area contributed by atoms with E-state index in [0.717, 1.165) is 5.56 Å². The van der Waals surface area contributed by atoms with Gasteiger partial charge in [-0.2, -0.15) is 5.26 Å². The molecule has 3 rings (SSSR count). The van der Waals surface area contributed by atoms with E-state index in [2.05, 4.69) is 35.7 Å². The second kappa shape index (κ2) is 7.25. The molecule has 0 bridgehead atoms. The Hall–Kier alpha value is -2.50. The van der Waals surface area contributed by atoms with Crippen molar-refractivity contribution in [2.24, 2.45) is 0 Å². The molecule has 0 saturated carbocycles. The van der Waals surface area contributed by atoms with Crippen molar-refractivity contribution in [1.82, 2.24) is 14.9 Å². The second-order valence-electron chi connectivity index (χ2n) is 7.72. The average Bonchev–Trinajstić information content (AvgIpc) is 3.09. The summed E-state index contributed by atoms with van der Waals surface area (Å²) < 4.78 is 28.1. The summed E-state index contributed by atoms with van der Waals surface area (Å²) in [5.41, 5.74) is 1.32. The summed E-state index contributed by atoms with van der Waals surface area (Å²) in [6.07, 6.45) is 0.682. The van der Waals surface area contributed by atoms with E-state index in [1.165, 1.54) is 0 Å². The molecule has 8 heteroatoms. The fraction of sp³-hybridized carbons (Fsp3) is 0.421. The summed E-state index contributed by atoms with van der Waals surface area (Å²) in [5.74, 6) is 0.644. The summed E-state index contributed by atoms with van der Waals surface area (Å²) in [5, 5.41) is 16.6. The third-order valence-corrected chi connectivity index (χ3v) is 6.17. The van der Waals surface area contributed by atoms with Gasteiger partial charge in [0.25, 0.3) is 0 Å². The van der Waals surface area contributed by atoms with Crippen LogP contribution in [-0.4, -0.2) is 37.7 Å². The van der Waals surface area contributed by atoms with E-state index >= 15 is 0 Å². The molecule has 2 heterocycles. The molecule has 0 spiro atoms. The van der Waals surface area contributed by atoms with E-state index in [9.17, 15) is 8.42 Å². The normalized spacial score (nSPS) is 17.7. The highest BCUT2D eigenvalue weighted by Gasteiger charge is 2.28. The molecule has 0 unspecified atom stereocenters.